The number of aliphatic imine (C=N–C) groups is 1. The lowest BCUT2D eigenvalue weighted by Gasteiger charge is -1.97. The topological polar surface area (TPSA) is 50.0 Å². The van der Waals surface area contributed by atoms with Crippen LogP contribution in [0.4, 0.5) is 0 Å². The first-order valence-electron chi connectivity index (χ1n) is 3.97. The molecule has 1 aromatic heterocycles. The summed E-state index contributed by atoms with van der Waals surface area (Å²) in [6, 6.07) is 3.85. The molecule has 68 valence electrons. The van der Waals surface area contributed by atoms with Gasteiger partial charge >= 0.3 is 0 Å². The van der Waals surface area contributed by atoms with E-state index in [4.69, 9.17) is 0 Å². The smallest absolute Gasteiger partial charge is 0.195 e. The molecule has 0 bridgehead atoms. The number of pyridine rings is 1. The fourth-order valence-corrected chi connectivity index (χ4v) is 0.905. The van der Waals surface area contributed by atoms with Gasteiger partial charge in [0.2, 0.25) is 0 Å². The number of rotatable bonds is 1. The molecule has 0 aliphatic rings. The molecule has 0 fully saturated rings. The van der Waals surface area contributed by atoms with Crippen molar-refractivity contribution in [2.24, 2.45) is 15.2 Å². The summed E-state index contributed by atoms with van der Waals surface area (Å²) in [7, 11) is 3.28. The lowest BCUT2D eigenvalue weighted by atomic mass is 10.2. The molecule has 1 heterocycles. The molecule has 0 amide bonds. The van der Waals surface area contributed by atoms with Crippen molar-refractivity contribution in [3.8, 4) is 0 Å². The average molecular weight is 176 g/mol. The van der Waals surface area contributed by atoms with Crippen molar-refractivity contribution in [2.45, 2.75) is 6.92 Å². The van der Waals surface area contributed by atoms with Gasteiger partial charge in [-0.25, -0.2) is 0 Å². The van der Waals surface area contributed by atoms with Gasteiger partial charge in [0.05, 0.1) is 0 Å². The lowest BCUT2D eigenvalue weighted by Crippen LogP contribution is -1.99. The SMILES string of the molecule is CN=NC(=NC)c1ccc(C)cn1. The normalized spacial score (nSPS) is 12.4. The Labute approximate surface area is 77.5 Å². The molecule has 4 nitrogen and oxygen atoms in total. The molecule has 0 aromatic carbocycles. The van der Waals surface area contributed by atoms with Crippen LogP contribution in [-0.2, 0) is 0 Å². The third-order valence-electron chi connectivity index (χ3n) is 1.55. The van der Waals surface area contributed by atoms with Crippen LogP contribution >= 0.6 is 0 Å². The number of amidine groups is 1. The second-order valence-electron chi connectivity index (χ2n) is 2.57. The highest BCUT2D eigenvalue weighted by atomic mass is 15.1. The van der Waals surface area contributed by atoms with E-state index < -0.39 is 0 Å². The first-order chi connectivity index (χ1) is 6.27. The van der Waals surface area contributed by atoms with Crippen molar-refractivity contribution in [1.29, 1.82) is 0 Å². The molecule has 0 saturated carbocycles. The Morgan fingerprint density at radius 1 is 1.31 bits per heavy atom. The van der Waals surface area contributed by atoms with Gasteiger partial charge in [0, 0.05) is 20.3 Å². The average Bonchev–Trinajstić information content (AvgIpc) is 2.16. The maximum Gasteiger partial charge on any atom is 0.195 e. The molecule has 0 atom stereocenters. The fourth-order valence-electron chi connectivity index (χ4n) is 0.905. The van der Waals surface area contributed by atoms with Gasteiger partial charge in [-0.15, -0.1) is 5.11 Å². The number of aryl methyl sites for hydroxylation is 1. The Kier molecular flexibility index (Phi) is 3.25. The second kappa shape index (κ2) is 4.45. The summed E-state index contributed by atoms with van der Waals surface area (Å²) in [6.45, 7) is 1.99. The van der Waals surface area contributed by atoms with Gasteiger partial charge in [0.25, 0.3) is 0 Å². The predicted molar refractivity (Wildman–Crippen MR) is 52.2 cm³/mol. The zero-order valence-corrected chi connectivity index (χ0v) is 8.02. The minimum atomic E-state index is 0.558. The second-order valence-corrected chi connectivity index (χ2v) is 2.57. The van der Waals surface area contributed by atoms with Crippen molar-refractivity contribution in [2.75, 3.05) is 14.1 Å². The monoisotopic (exact) mass is 176 g/mol. The number of hydrogen-bond acceptors (Lipinski definition) is 3. The van der Waals surface area contributed by atoms with Crippen LogP contribution in [0.3, 0.4) is 0 Å². The van der Waals surface area contributed by atoms with Crippen molar-refractivity contribution >= 4 is 5.84 Å². The molecular weight excluding hydrogens is 164 g/mol. The van der Waals surface area contributed by atoms with Crippen LogP contribution in [0.2, 0.25) is 0 Å². The van der Waals surface area contributed by atoms with Crippen molar-refractivity contribution in [3.63, 3.8) is 0 Å². The molecule has 0 saturated heterocycles. The van der Waals surface area contributed by atoms with Crippen LogP contribution in [0.5, 0.6) is 0 Å². The largest absolute Gasteiger partial charge is 0.267 e. The summed E-state index contributed by atoms with van der Waals surface area (Å²) in [5, 5.41) is 7.51. The summed E-state index contributed by atoms with van der Waals surface area (Å²) >= 11 is 0. The molecule has 0 spiro atoms. The van der Waals surface area contributed by atoms with E-state index >= 15 is 0 Å². The Bertz CT molecular complexity index is 324. The van der Waals surface area contributed by atoms with Gasteiger partial charge < -0.3 is 0 Å². The molecular formula is C9H12N4. The molecule has 0 aliphatic heterocycles. The molecule has 1 rings (SSSR count). The van der Waals surface area contributed by atoms with E-state index in [-0.39, 0.29) is 0 Å². The standard InChI is InChI=1S/C9H12N4/c1-7-4-5-8(12-6-7)9(10-2)13-11-3/h4-6H,1-3H3. The quantitative estimate of drug-likeness (QED) is 0.366. The third kappa shape index (κ3) is 2.43. The number of hydrogen-bond donors (Lipinski definition) is 0. The third-order valence-corrected chi connectivity index (χ3v) is 1.55. The predicted octanol–water partition coefficient (Wildman–Crippen LogP) is 1.85. The molecule has 0 radical (unpaired) electrons. The van der Waals surface area contributed by atoms with Crippen LogP contribution in [0.25, 0.3) is 0 Å². The number of azo groups is 1. The first-order valence-corrected chi connectivity index (χ1v) is 3.97. The fraction of sp³-hybridized carbons (Fsp3) is 0.333. The highest BCUT2D eigenvalue weighted by molar-refractivity contribution is 5.97. The zero-order chi connectivity index (χ0) is 9.68. The van der Waals surface area contributed by atoms with Gasteiger partial charge in [0.15, 0.2) is 5.84 Å². The van der Waals surface area contributed by atoms with Gasteiger partial charge in [-0.3, -0.25) is 9.98 Å². The highest BCUT2D eigenvalue weighted by Gasteiger charge is 2.00. The Balaban J connectivity index is 3.00. The van der Waals surface area contributed by atoms with Crippen molar-refractivity contribution in [1.82, 2.24) is 4.98 Å². The van der Waals surface area contributed by atoms with Crippen molar-refractivity contribution < 1.29 is 0 Å². The van der Waals surface area contributed by atoms with Crippen LogP contribution in [0.15, 0.2) is 33.6 Å². The molecule has 0 N–H and O–H groups in total. The van der Waals surface area contributed by atoms with Crippen LogP contribution in [0, 0.1) is 6.92 Å². The van der Waals surface area contributed by atoms with Gasteiger partial charge in [-0.1, -0.05) is 6.07 Å². The van der Waals surface area contributed by atoms with E-state index in [0.29, 0.717) is 5.84 Å². The van der Waals surface area contributed by atoms with E-state index in [0.717, 1.165) is 11.3 Å². The Morgan fingerprint density at radius 3 is 2.54 bits per heavy atom. The first kappa shape index (κ1) is 9.51. The Hall–Kier alpha value is -1.58. The van der Waals surface area contributed by atoms with E-state index in [9.17, 15) is 0 Å². The summed E-state index contributed by atoms with van der Waals surface area (Å²) < 4.78 is 0. The molecule has 0 unspecified atom stereocenters. The van der Waals surface area contributed by atoms with Crippen molar-refractivity contribution in [3.05, 3.63) is 29.6 Å². The van der Waals surface area contributed by atoms with Crippen LogP contribution in [-0.4, -0.2) is 24.9 Å². The minimum absolute atomic E-state index is 0.558. The number of nitrogens with zero attached hydrogens (tertiary/aromatic N) is 4. The molecule has 0 aliphatic carbocycles. The minimum Gasteiger partial charge on any atom is -0.267 e. The van der Waals surface area contributed by atoms with E-state index in [1.807, 2.05) is 19.1 Å². The van der Waals surface area contributed by atoms with E-state index in [1.165, 1.54) is 0 Å². The summed E-state index contributed by atoms with van der Waals surface area (Å²) in [4.78, 5) is 8.15. The Morgan fingerprint density at radius 2 is 2.08 bits per heavy atom. The lowest BCUT2D eigenvalue weighted by molar-refractivity contribution is 1.15. The molecule has 1 aromatic rings. The van der Waals surface area contributed by atoms with Gasteiger partial charge in [-0.2, -0.15) is 5.11 Å². The highest BCUT2D eigenvalue weighted by Crippen LogP contribution is 2.01. The van der Waals surface area contributed by atoms with Gasteiger partial charge in [-0.05, 0) is 18.6 Å². The summed E-state index contributed by atoms with van der Waals surface area (Å²) in [6.07, 6.45) is 1.78. The van der Waals surface area contributed by atoms with Gasteiger partial charge in [0.1, 0.15) is 5.69 Å². The van der Waals surface area contributed by atoms with Crippen LogP contribution in [0.1, 0.15) is 11.3 Å². The molecule has 13 heavy (non-hydrogen) atoms. The van der Waals surface area contributed by atoms with E-state index in [1.54, 1.807) is 20.3 Å². The number of aromatic nitrogens is 1. The summed E-state index contributed by atoms with van der Waals surface area (Å²) in [5.74, 6) is 0.558. The van der Waals surface area contributed by atoms with E-state index in [2.05, 4.69) is 20.2 Å². The zero-order valence-electron chi connectivity index (χ0n) is 8.02. The summed E-state index contributed by atoms with van der Waals surface area (Å²) in [5.41, 5.74) is 1.87. The molecule has 4 heteroatoms. The van der Waals surface area contributed by atoms with Crippen LogP contribution < -0.4 is 0 Å². The maximum absolute atomic E-state index is 4.18. The maximum atomic E-state index is 4.18.